The van der Waals surface area contributed by atoms with E-state index in [1.54, 1.807) is 0 Å². The summed E-state index contributed by atoms with van der Waals surface area (Å²) in [5.41, 5.74) is 5.20. The molecule has 8 heavy (non-hydrogen) atoms. The van der Waals surface area contributed by atoms with E-state index in [0.717, 1.165) is 0 Å². The number of carbonyl (C=O) groups is 1. The number of nitrogens with two attached hydrogens (primary N) is 1. The summed E-state index contributed by atoms with van der Waals surface area (Å²) in [4.78, 5) is 10.2. The highest BCUT2D eigenvalue weighted by molar-refractivity contribution is 5.88. The summed E-state index contributed by atoms with van der Waals surface area (Å²) < 4.78 is 0. The second kappa shape index (κ2) is 1.83. The molecule has 0 saturated heterocycles. The van der Waals surface area contributed by atoms with Crippen LogP contribution >= 0.6 is 0 Å². The molecule has 1 amide bonds. The Morgan fingerprint density at radius 2 is 2.50 bits per heavy atom. The molecule has 0 spiro atoms. The van der Waals surface area contributed by atoms with E-state index in [1.165, 1.54) is 12.2 Å². The second-order valence-electron chi connectivity index (χ2n) is 1.40. The first-order valence-corrected chi connectivity index (χ1v) is 2.17. The van der Waals surface area contributed by atoms with Crippen molar-refractivity contribution in [3.8, 4) is 0 Å². The summed E-state index contributed by atoms with van der Waals surface area (Å²) in [6.45, 7) is 0. The molecule has 4 nitrogen and oxygen atoms in total. The molecule has 0 fully saturated rings. The Morgan fingerprint density at radius 3 is 2.88 bits per heavy atom. The molecular weight excluding hydrogens is 106 g/mol. The molecule has 1 rings (SSSR count). The average molecular weight is 111 g/mol. The Balaban J connectivity index is 2.68. The minimum absolute atomic E-state index is 0.341. The van der Waals surface area contributed by atoms with Gasteiger partial charge < -0.3 is 5.73 Å². The third-order valence-electron chi connectivity index (χ3n) is 0.726. The van der Waals surface area contributed by atoms with Crippen molar-refractivity contribution >= 4 is 5.91 Å². The molecule has 0 saturated carbocycles. The molecule has 4 heteroatoms. The van der Waals surface area contributed by atoms with Gasteiger partial charge in [0.05, 0.1) is 0 Å². The smallest absolute Gasteiger partial charge is 0.287 e. The fourth-order valence-electron chi connectivity index (χ4n) is 0.376. The Bertz CT molecular complexity index is 145. The molecule has 0 aromatic heterocycles. The average Bonchev–Trinajstić information content (AvgIpc) is 1.77. The quantitative estimate of drug-likeness (QED) is 0.471. The fraction of sp³-hybridized carbons (Fsp3) is 0.250. The highest BCUT2D eigenvalue weighted by Gasteiger charge is 2.01. The van der Waals surface area contributed by atoms with Gasteiger partial charge in [-0.1, -0.05) is 0 Å². The largest absolute Gasteiger partial charge is 0.305 e. The molecule has 1 unspecified atom stereocenters. The van der Waals surface area contributed by atoms with Crippen molar-refractivity contribution in [2.24, 2.45) is 16.0 Å². The lowest BCUT2D eigenvalue weighted by atomic mass is 10.4. The van der Waals surface area contributed by atoms with Crippen LogP contribution in [0.5, 0.6) is 0 Å². The second-order valence-corrected chi connectivity index (χ2v) is 1.40. The molecule has 1 aliphatic heterocycles. The Labute approximate surface area is 46.1 Å². The first-order valence-electron chi connectivity index (χ1n) is 2.17. The van der Waals surface area contributed by atoms with Crippen LogP contribution in [-0.2, 0) is 4.79 Å². The summed E-state index contributed by atoms with van der Waals surface area (Å²) in [6, 6.07) is 0. The van der Waals surface area contributed by atoms with Gasteiger partial charge in [-0.05, 0) is 6.08 Å². The van der Waals surface area contributed by atoms with E-state index >= 15 is 0 Å². The van der Waals surface area contributed by atoms with Crippen molar-refractivity contribution in [2.45, 2.75) is 6.17 Å². The van der Waals surface area contributed by atoms with E-state index in [0.29, 0.717) is 0 Å². The lowest BCUT2D eigenvalue weighted by Gasteiger charge is -1.97. The van der Waals surface area contributed by atoms with Crippen LogP contribution in [0.1, 0.15) is 0 Å². The summed E-state index contributed by atoms with van der Waals surface area (Å²) in [5.74, 6) is -0.341. The molecule has 0 aliphatic carbocycles. The highest BCUT2D eigenvalue weighted by atomic mass is 16.1. The van der Waals surface area contributed by atoms with Gasteiger partial charge in [0.1, 0.15) is 6.17 Å². The molecule has 0 bridgehead atoms. The first kappa shape index (κ1) is 5.11. The molecule has 0 aromatic rings. The van der Waals surface area contributed by atoms with E-state index in [2.05, 4.69) is 10.2 Å². The van der Waals surface area contributed by atoms with Gasteiger partial charge in [0, 0.05) is 6.08 Å². The predicted molar refractivity (Wildman–Crippen MR) is 27.0 cm³/mol. The highest BCUT2D eigenvalue weighted by Crippen LogP contribution is 1.94. The van der Waals surface area contributed by atoms with Crippen molar-refractivity contribution in [1.29, 1.82) is 0 Å². The monoisotopic (exact) mass is 111 g/mol. The Kier molecular flexibility index (Phi) is 1.17. The zero-order chi connectivity index (χ0) is 5.98. The van der Waals surface area contributed by atoms with Crippen molar-refractivity contribution in [1.82, 2.24) is 0 Å². The van der Waals surface area contributed by atoms with Gasteiger partial charge in [0.15, 0.2) is 0 Å². The number of azo groups is 1. The lowest BCUT2D eigenvalue weighted by Crippen LogP contribution is -2.15. The normalized spacial score (nSPS) is 26.6. The van der Waals surface area contributed by atoms with Crippen molar-refractivity contribution in [2.75, 3.05) is 0 Å². The molecule has 1 aliphatic rings. The number of hydrogen-bond acceptors (Lipinski definition) is 3. The lowest BCUT2D eigenvalue weighted by molar-refractivity contribution is -0.114. The van der Waals surface area contributed by atoms with Crippen LogP contribution in [0.3, 0.4) is 0 Å². The van der Waals surface area contributed by atoms with Crippen molar-refractivity contribution in [3.63, 3.8) is 0 Å². The van der Waals surface area contributed by atoms with Gasteiger partial charge in [-0.2, -0.15) is 5.11 Å². The van der Waals surface area contributed by atoms with E-state index < -0.39 is 6.17 Å². The maximum absolute atomic E-state index is 10.2. The number of hydrogen-bond donors (Lipinski definition) is 1. The maximum atomic E-state index is 10.2. The third-order valence-corrected chi connectivity index (χ3v) is 0.726. The minimum atomic E-state index is -0.423. The molecular formula is C4H5N3O. The third kappa shape index (κ3) is 0.974. The van der Waals surface area contributed by atoms with E-state index in [-0.39, 0.29) is 5.91 Å². The van der Waals surface area contributed by atoms with Crippen LogP contribution in [0.4, 0.5) is 0 Å². The van der Waals surface area contributed by atoms with Gasteiger partial charge in [0.25, 0.3) is 5.91 Å². The molecule has 42 valence electrons. The number of nitrogens with zero attached hydrogens (tertiary/aromatic N) is 2. The Hall–Kier alpha value is -1.03. The first-order chi connectivity index (χ1) is 3.79. The van der Waals surface area contributed by atoms with Crippen molar-refractivity contribution in [3.05, 3.63) is 12.2 Å². The molecule has 1 heterocycles. The van der Waals surface area contributed by atoms with Crippen LogP contribution in [0.15, 0.2) is 22.4 Å². The topological polar surface area (TPSA) is 67.8 Å². The van der Waals surface area contributed by atoms with Crippen LogP contribution < -0.4 is 5.73 Å². The van der Waals surface area contributed by atoms with Crippen LogP contribution in [0, 0.1) is 0 Å². The van der Waals surface area contributed by atoms with Gasteiger partial charge in [-0.25, -0.2) is 0 Å². The number of carbonyl (C=O) groups excluding carboxylic acids is 1. The van der Waals surface area contributed by atoms with E-state index in [9.17, 15) is 4.79 Å². The summed E-state index contributed by atoms with van der Waals surface area (Å²) in [6.07, 6.45) is 2.38. The summed E-state index contributed by atoms with van der Waals surface area (Å²) >= 11 is 0. The van der Waals surface area contributed by atoms with Gasteiger partial charge in [-0.15, -0.1) is 5.11 Å². The summed E-state index contributed by atoms with van der Waals surface area (Å²) in [7, 11) is 0. The maximum Gasteiger partial charge on any atom is 0.287 e. The summed E-state index contributed by atoms with van der Waals surface area (Å²) in [5, 5.41) is 6.56. The SMILES string of the molecule is NC1C=CC(=O)N=N1. The standard InChI is InChI=1S/C4H5N3O/c5-3-1-2-4(8)7-6-3/h1-3H,5H2. The predicted octanol–water partition coefficient (Wildman–Crippen LogP) is -0.180. The number of amides is 1. The zero-order valence-electron chi connectivity index (χ0n) is 4.11. The molecule has 0 aromatic carbocycles. The fourth-order valence-corrected chi connectivity index (χ4v) is 0.376. The van der Waals surface area contributed by atoms with Crippen LogP contribution in [-0.4, -0.2) is 12.1 Å². The van der Waals surface area contributed by atoms with Crippen molar-refractivity contribution < 1.29 is 4.79 Å². The molecule has 1 atom stereocenters. The minimum Gasteiger partial charge on any atom is -0.305 e. The van der Waals surface area contributed by atoms with Gasteiger partial charge in [-0.3, -0.25) is 4.79 Å². The Morgan fingerprint density at radius 1 is 1.75 bits per heavy atom. The van der Waals surface area contributed by atoms with E-state index in [4.69, 9.17) is 5.73 Å². The van der Waals surface area contributed by atoms with Gasteiger partial charge >= 0.3 is 0 Å². The van der Waals surface area contributed by atoms with Crippen LogP contribution in [0.2, 0.25) is 0 Å². The van der Waals surface area contributed by atoms with E-state index in [1.807, 2.05) is 0 Å². The number of rotatable bonds is 0. The van der Waals surface area contributed by atoms with Crippen LogP contribution in [0.25, 0.3) is 0 Å². The van der Waals surface area contributed by atoms with Gasteiger partial charge in [0.2, 0.25) is 0 Å². The molecule has 2 N–H and O–H groups in total. The zero-order valence-corrected chi connectivity index (χ0v) is 4.11. The molecule has 0 radical (unpaired) electrons.